The van der Waals surface area contributed by atoms with Gasteiger partial charge in [-0.2, -0.15) is 0 Å². The summed E-state index contributed by atoms with van der Waals surface area (Å²) in [5.74, 6) is -3.44. The van der Waals surface area contributed by atoms with Crippen molar-refractivity contribution in [1.29, 1.82) is 0 Å². The number of methoxy groups -OCH3 is 1. The molecule has 1 fully saturated rings. The fourth-order valence-electron chi connectivity index (χ4n) is 2.99. The lowest BCUT2D eigenvalue weighted by molar-refractivity contribution is -0.148. The molecule has 0 spiro atoms. The molecule has 138 valence electrons. The summed E-state index contributed by atoms with van der Waals surface area (Å²) in [6, 6.07) is 12.4. The average molecular weight is 369 g/mol. The van der Waals surface area contributed by atoms with E-state index in [1.807, 2.05) is 0 Å². The summed E-state index contributed by atoms with van der Waals surface area (Å²) in [6.45, 7) is -0.477. The highest BCUT2D eigenvalue weighted by Gasteiger charge is 2.46. The maximum absolute atomic E-state index is 13.3. The second kappa shape index (κ2) is 7.41. The Labute approximate surface area is 154 Å². The molecule has 0 bridgehead atoms. The molecule has 0 saturated carbocycles. The van der Waals surface area contributed by atoms with E-state index in [-0.39, 0.29) is 11.3 Å². The first-order chi connectivity index (χ1) is 12.9. The predicted molar refractivity (Wildman–Crippen MR) is 93.9 cm³/mol. The molecule has 1 aliphatic heterocycles. The van der Waals surface area contributed by atoms with Crippen LogP contribution in [0, 0.1) is 5.82 Å². The molecule has 1 heterocycles. The van der Waals surface area contributed by atoms with Gasteiger partial charge in [-0.15, -0.1) is 0 Å². The van der Waals surface area contributed by atoms with Crippen LogP contribution in [-0.2, 0) is 19.1 Å². The molecule has 3 rings (SSSR count). The summed E-state index contributed by atoms with van der Waals surface area (Å²) in [5.41, 5.74) is 0.569. The van der Waals surface area contributed by atoms with Crippen LogP contribution in [0.3, 0.4) is 0 Å². The molecule has 1 aliphatic rings. The Hall–Kier alpha value is -3.48. The van der Waals surface area contributed by atoms with E-state index in [0.717, 1.165) is 12.0 Å². The lowest BCUT2D eigenvalue weighted by atomic mass is 9.95. The minimum Gasteiger partial charge on any atom is -0.507 e. The number of likely N-dealkylation sites (tertiary alicyclic amines) is 1. The quantitative estimate of drug-likeness (QED) is 0.387. The van der Waals surface area contributed by atoms with Crippen LogP contribution in [0.25, 0.3) is 5.76 Å². The number of carbonyl (C=O) groups excluding carboxylic acids is 3. The fourth-order valence-corrected chi connectivity index (χ4v) is 2.99. The number of ketones is 1. The number of aliphatic hydroxyl groups is 1. The zero-order valence-corrected chi connectivity index (χ0v) is 14.4. The van der Waals surface area contributed by atoms with E-state index < -0.39 is 36.1 Å². The van der Waals surface area contributed by atoms with Gasteiger partial charge in [-0.05, 0) is 17.7 Å². The van der Waals surface area contributed by atoms with E-state index in [2.05, 4.69) is 4.74 Å². The van der Waals surface area contributed by atoms with Crippen molar-refractivity contribution >= 4 is 23.4 Å². The van der Waals surface area contributed by atoms with E-state index in [9.17, 15) is 23.9 Å². The normalized spacial score (nSPS) is 18.6. The molecule has 1 unspecified atom stereocenters. The molecular formula is C20H16FNO5. The summed E-state index contributed by atoms with van der Waals surface area (Å²) in [5, 5.41) is 10.7. The summed E-state index contributed by atoms with van der Waals surface area (Å²) in [4.78, 5) is 37.9. The number of Topliss-reactive ketones (excluding diaryl/α,β-unsaturated/α-hetero) is 1. The Morgan fingerprint density at radius 1 is 1.11 bits per heavy atom. The Morgan fingerprint density at radius 2 is 1.74 bits per heavy atom. The van der Waals surface area contributed by atoms with Gasteiger partial charge >= 0.3 is 5.97 Å². The Morgan fingerprint density at radius 3 is 2.33 bits per heavy atom. The number of halogens is 1. The largest absolute Gasteiger partial charge is 0.507 e. The number of hydrogen-bond acceptors (Lipinski definition) is 5. The van der Waals surface area contributed by atoms with Crippen molar-refractivity contribution < 1.29 is 28.6 Å². The Kier molecular flexibility index (Phi) is 5.03. The van der Waals surface area contributed by atoms with Gasteiger partial charge in [-0.1, -0.05) is 42.5 Å². The van der Waals surface area contributed by atoms with Crippen molar-refractivity contribution in [3.63, 3.8) is 0 Å². The molecular weight excluding hydrogens is 353 g/mol. The molecule has 27 heavy (non-hydrogen) atoms. The van der Waals surface area contributed by atoms with Gasteiger partial charge in [0.05, 0.1) is 18.7 Å². The number of nitrogens with zero attached hydrogens (tertiary/aromatic N) is 1. The van der Waals surface area contributed by atoms with Crippen LogP contribution < -0.4 is 0 Å². The molecule has 2 aromatic carbocycles. The van der Waals surface area contributed by atoms with Gasteiger partial charge in [0.25, 0.3) is 11.7 Å². The van der Waals surface area contributed by atoms with E-state index in [1.54, 1.807) is 30.3 Å². The monoisotopic (exact) mass is 369 g/mol. The van der Waals surface area contributed by atoms with Crippen LogP contribution in [0.15, 0.2) is 60.2 Å². The van der Waals surface area contributed by atoms with Crippen molar-refractivity contribution in [1.82, 2.24) is 4.90 Å². The van der Waals surface area contributed by atoms with Gasteiger partial charge in [-0.25, -0.2) is 4.39 Å². The molecule has 0 radical (unpaired) electrons. The number of esters is 1. The van der Waals surface area contributed by atoms with Crippen molar-refractivity contribution in [3.8, 4) is 0 Å². The van der Waals surface area contributed by atoms with Gasteiger partial charge in [0.2, 0.25) is 0 Å². The zero-order valence-electron chi connectivity index (χ0n) is 14.4. The van der Waals surface area contributed by atoms with Crippen molar-refractivity contribution in [3.05, 3.63) is 77.1 Å². The van der Waals surface area contributed by atoms with E-state index >= 15 is 0 Å². The molecule has 6 nitrogen and oxygen atoms in total. The molecule has 0 aliphatic carbocycles. The number of amides is 1. The van der Waals surface area contributed by atoms with Crippen LogP contribution in [-0.4, -0.2) is 41.3 Å². The highest BCUT2D eigenvalue weighted by molar-refractivity contribution is 6.46. The minimum absolute atomic E-state index is 0.165. The first-order valence-electron chi connectivity index (χ1n) is 8.10. The standard InChI is InChI=1S/C20H16FNO5/c1-27-15(23)11-22-17(12-7-9-14(21)10-8-12)16(19(25)20(22)26)18(24)13-5-3-2-4-6-13/h2-10,17,24H,11H2,1H3/b18-16-. The van der Waals surface area contributed by atoms with Gasteiger partial charge in [0.15, 0.2) is 0 Å². The third-order valence-corrected chi connectivity index (χ3v) is 4.30. The van der Waals surface area contributed by atoms with Crippen LogP contribution in [0.5, 0.6) is 0 Å². The summed E-state index contributed by atoms with van der Waals surface area (Å²) in [6.07, 6.45) is 0. The maximum Gasteiger partial charge on any atom is 0.325 e. The molecule has 1 N–H and O–H groups in total. The third-order valence-electron chi connectivity index (χ3n) is 4.30. The number of benzene rings is 2. The number of aliphatic hydroxyl groups excluding tert-OH is 1. The summed E-state index contributed by atoms with van der Waals surface area (Å²) in [7, 11) is 1.16. The molecule has 2 aromatic rings. The SMILES string of the molecule is COC(=O)CN1C(=O)C(=O)/C(=C(\O)c2ccccc2)C1c1ccc(F)cc1. The lowest BCUT2D eigenvalue weighted by Gasteiger charge is -2.24. The van der Waals surface area contributed by atoms with Crippen molar-refractivity contribution in [2.45, 2.75) is 6.04 Å². The van der Waals surface area contributed by atoms with Crippen LogP contribution in [0.4, 0.5) is 4.39 Å². The number of hydrogen-bond donors (Lipinski definition) is 1. The fraction of sp³-hybridized carbons (Fsp3) is 0.150. The number of rotatable bonds is 4. The molecule has 7 heteroatoms. The number of ether oxygens (including phenoxy) is 1. The van der Waals surface area contributed by atoms with E-state index in [4.69, 9.17) is 0 Å². The third kappa shape index (κ3) is 3.44. The summed E-state index contributed by atoms with van der Waals surface area (Å²) < 4.78 is 17.9. The molecule has 1 saturated heterocycles. The Bertz CT molecular complexity index is 921. The first kappa shape index (κ1) is 18.3. The molecule has 0 aromatic heterocycles. The predicted octanol–water partition coefficient (Wildman–Crippen LogP) is 2.42. The topological polar surface area (TPSA) is 83.9 Å². The lowest BCUT2D eigenvalue weighted by Crippen LogP contribution is -2.35. The minimum atomic E-state index is -1.04. The zero-order chi connectivity index (χ0) is 19.6. The van der Waals surface area contributed by atoms with E-state index in [0.29, 0.717) is 11.1 Å². The van der Waals surface area contributed by atoms with Crippen LogP contribution in [0.2, 0.25) is 0 Å². The van der Waals surface area contributed by atoms with Gasteiger partial charge in [-0.3, -0.25) is 14.4 Å². The van der Waals surface area contributed by atoms with Crippen molar-refractivity contribution in [2.24, 2.45) is 0 Å². The average Bonchev–Trinajstić information content (AvgIpc) is 2.93. The summed E-state index contributed by atoms with van der Waals surface area (Å²) >= 11 is 0. The highest BCUT2D eigenvalue weighted by atomic mass is 19.1. The highest BCUT2D eigenvalue weighted by Crippen LogP contribution is 2.39. The number of carbonyl (C=O) groups is 3. The smallest absolute Gasteiger partial charge is 0.325 e. The van der Waals surface area contributed by atoms with Crippen LogP contribution >= 0.6 is 0 Å². The van der Waals surface area contributed by atoms with Gasteiger partial charge < -0.3 is 14.7 Å². The second-order valence-electron chi connectivity index (χ2n) is 5.92. The second-order valence-corrected chi connectivity index (χ2v) is 5.92. The van der Waals surface area contributed by atoms with Gasteiger partial charge in [0, 0.05) is 5.56 Å². The van der Waals surface area contributed by atoms with E-state index in [1.165, 1.54) is 24.3 Å². The molecule has 1 atom stereocenters. The van der Waals surface area contributed by atoms with Crippen LogP contribution in [0.1, 0.15) is 17.2 Å². The Balaban J connectivity index is 2.17. The van der Waals surface area contributed by atoms with Gasteiger partial charge in [0.1, 0.15) is 18.1 Å². The van der Waals surface area contributed by atoms with Crippen molar-refractivity contribution in [2.75, 3.05) is 13.7 Å². The maximum atomic E-state index is 13.3. The molecule has 1 amide bonds. The first-order valence-corrected chi connectivity index (χ1v) is 8.10.